The number of carbonyl (C=O) groups is 3. The van der Waals surface area contributed by atoms with Gasteiger partial charge in [0.05, 0.1) is 18.1 Å². The first-order chi connectivity index (χ1) is 14.4. The van der Waals surface area contributed by atoms with Crippen molar-refractivity contribution in [2.75, 3.05) is 19.8 Å². The van der Waals surface area contributed by atoms with Gasteiger partial charge in [0.25, 0.3) is 0 Å². The van der Waals surface area contributed by atoms with Crippen LogP contribution >= 0.6 is 0 Å². The van der Waals surface area contributed by atoms with Gasteiger partial charge in [-0.15, -0.1) is 0 Å². The molecule has 2 bridgehead atoms. The summed E-state index contributed by atoms with van der Waals surface area (Å²) in [6, 6.07) is -0.656. The molecule has 3 saturated heterocycles. The highest BCUT2D eigenvalue weighted by atomic mass is 16.6. The fraction of sp³-hybridized carbons (Fsp3) is 0.864. The molecule has 168 valence electrons. The largest absolute Gasteiger partial charge is 0.466 e. The highest BCUT2D eigenvalue weighted by molar-refractivity contribution is 5.98. The third-order valence-corrected chi connectivity index (χ3v) is 7.57. The Labute approximate surface area is 177 Å². The molecule has 3 aliphatic heterocycles. The van der Waals surface area contributed by atoms with Gasteiger partial charge in [-0.3, -0.25) is 14.4 Å². The van der Waals surface area contributed by atoms with Gasteiger partial charge in [0.1, 0.15) is 17.6 Å². The molecule has 8 heteroatoms. The molecular weight excluding hydrogens is 388 g/mol. The van der Waals surface area contributed by atoms with Crippen molar-refractivity contribution in [3.05, 3.63) is 0 Å². The van der Waals surface area contributed by atoms with Crippen LogP contribution in [0.15, 0.2) is 0 Å². The average molecular weight is 423 g/mol. The summed E-state index contributed by atoms with van der Waals surface area (Å²) in [5, 5.41) is 12.5. The van der Waals surface area contributed by atoms with Gasteiger partial charge in [0.15, 0.2) is 0 Å². The van der Waals surface area contributed by atoms with Crippen LogP contribution in [-0.4, -0.2) is 70.8 Å². The van der Waals surface area contributed by atoms with Crippen molar-refractivity contribution in [3.63, 3.8) is 0 Å². The lowest BCUT2D eigenvalue weighted by molar-refractivity contribution is -0.159. The highest BCUT2D eigenvalue weighted by Crippen LogP contribution is 2.63. The third-order valence-electron chi connectivity index (χ3n) is 7.57. The average Bonchev–Trinajstić information content (AvgIpc) is 3.28. The topological polar surface area (TPSA) is 105 Å². The molecule has 5 atom stereocenters. The van der Waals surface area contributed by atoms with E-state index in [1.165, 1.54) is 6.42 Å². The molecule has 1 aliphatic carbocycles. The number of ether oxygens (including phenoxy) is 2. The van der Waals surface area contributed by atoms with Crippen LogP contribution in [0.5, 0.6) is 0 Å². The number of rotatable bonds is 7. The lowest BCUT2D eigenvalue weighted by Gasteiger charge is -2.35. The molecule has 4 rings (SSSR count). The van der Waals surface area contributed by atoms with Crippen LogP contribution in [0.4, 0.5) is 0 Å². The second kappa shape index (κ2) is 8.11. The summed E-state index contributed by atoms with van der Waals surface area (Å²) >= 11 is 0. The van der Waals surface area contributed by atoms with Gasteiger partial charge >= 0.3 is 5.97 Å². The summed E-state index contributed by atoms with van der Waals surface area (Å²) in [7, 11) is 0. The molecule has 2 N–H and O–H groups in total. The lowest BCUT2D eigenvalue weighted by Crippen LogP contribution is -2.57. The summed E-state index contributed by atoms with van der Waals surface area (Å²) < 4.78 is 11.8. The number of fused-ring (bicyclic) bond motifs is 1. The van der Waals surface area contributed by atoms with Crippen molar-refractivity contribution in [3.8, 4) is 0 Å². The van der Waals surface area contributed by atoms with Gasteiger partial charge in [-0.05, 0) is 46.0 Å². The summed E-state index contributed by atoms with van der Waals surface area (Å²) in [6.45, 7) is 4.04. The maximum Gasteiger partial charge on any atom is 0.312 e. The van der Waals surface area contributed by atoms with Gasteiger partial charge in [0.2, 0.25) is 11.8 Å². The monoisotopic (exact) mass is 422 g/mol. The number of carbonyl (C=O) groups excluding carboxylic acids is 3. The number of amides is 2. The Morgan fingerprint density at radius 2 is 2.00 bits per heavy atom. The van der Waals surface area contributed by atoms with Gasteiger partial charge < -0.3 is 24.8 Å². The minimum Gasteiger partial charge on any atom is -0.466 e. The third kappa shape index (κ3) is 3.23. The van der Waals surface area contributed by atoms with Crippen LogP contribution in [0.25, 0.3) is 0 Å². The first-order valence-electron chi connectivity index (χ1n) is 11.5. The van der Waals surface area contributed by atoms with E-state index < -0.39 is 35.0 Å². The molecule has 8 nitrogen and oxygen atoms in total. The Kier molecular flexibility index (Phi) is 5.83. The van der Waals surface area contributed by atoms with E-state index in [0.717, 1.165) is 25.7 Å². The van der Waals surface area contributed by atoms with E-state index in [2.05, 4.69) is 5.32 Å². The van der Waals surface area contributed by atoms with Crippen molar-refractivity contribution < 1.29 is 29.0 Å². The minimum atomic E-state index is -1.00. The first-order valence-corrected chi connectivity index (χ1v) is 11.5. The van der Waals surface area contributed by atoms with Crippen molar-refractivity contribution in [2.24, 2.45) is 11.8 Å². The zero-order valence-electron chi connectivity index (χ0n) is 18.0. The Morgan fingerprint density at radius 1 is 1.27 bits per heavy atom. The Bertz CT molecular complexity index is 708. The number of aliphatic hydroxyl groups excluding tert-OH is 1. The SMILES string of the molecule is CCOC(=O)[C@@H]1[C@H]2C(=O)N(CCCO)C(C(=O)NC3CCCCC3)C23CC[C@@]1(C)O3. The molecule has 30 heavy (non-hydrogen) atoms. The predicted molar refractivity (Wildman–Crippen MR) is 107 cm³/mol. The molecule has 1 saturated carbocycles. The van der Waals surface area contributed by atoms with E-state index in [0.29, 0.717) is 19.3 Å². The number of nitrogens with zero attached hydrogens (tertiary/aromatic N) is 1. The van der Waals surface area contributed by atoms with Crippen molar-refractivity contribution in [1.29, 1.82) is 0 Å². The van der Waals surface area contributed by atoms with Crippen molar-refractivity contribution >= 4 is 17.8 Å². The fourth-order valence-corrected chi connectivity index (χ4v) is 6.32. The first kappa shape index (κ1) is 21.6. The van der Waals surface area contributed by atoms with Crippen LogP contribution in [0.2, 0.25) is 0 Å². The van der Waals surface area contributed by atoms with E-state index in [-0.39, 0.29) is 37.6 Å². The standard InChI is InChI=1S/C22H34N2O6/c1-3-29-20(28)16-15-19(27)24(12-7-13-25)17(22(15)11-10-21(16,2)30-22)18(26)23-14-8-5-4-6-9-14/h14-17,25H,3-13H2,1-2H3,(H,23,26)/t15-,16-,17?,21+,22?/m0/s1. The van der Waals surface area contributed by atoms with E-state index in [4.69, 9.17) is 9.47 Å². The summed E-state index contributed by atoms with van der Waals surface area (Å²) in [5.74, 6) is -2.26. The minimum absolute atomic E-state index is 0.0711. The number of nitrogens with one attached hydrogen (secondary N) is 1. The van der Waals surface area contributed by atoms with E-state index in [1.54, 1.807) is 11.8 Å². The normalized spacial score (nSPS) is 38.0. The fourth-order valence-electron chi connectivity index (χ4n) is 6.32. The van der Waals surface area contributed by atoms with E-state index in [1.807, 2.05) is 6.92 Å². The van der Waals surface area contributed by atoms with Crippen LogP contribution in [0, 0.1) is 11.8 Å². The number of likely N-dealkylation sites (tertiary alicyclic amines) is 1. The molecule has 2 unspecified atom stereocenters. The molecular formula is C22H34N2O6. The molecule has 0 radical (unpaired) electrons. The predicted octanol–water partition coefficient (Wildman–Crippen LogP) is 1.15. The smallest absolute Gasteiger partial charge is 0.312 e. The van der Waals surface area contributed by atoms with Crippen LogP contribution in [-0.2, 0) is 23.9 Å². The number of hydrogen-bond donors (Lipinski definition) is 2. The van der Waals surface area contributed by atoms with Crippen LogP contribution < -0.4 is 5.32 Å². The quantitative estimate of drug-likeness (QED) is 0.596. The number of aliphatic hydroxyl groups is 1. The number of esters is 1. The molecule has 3 heterocycles. The molecule has 4 aliphatic rings. The van der Waals surface area contributed by atoms with Crippen molar-refractivity contribution in [2.45, 2.75) is 88.5 Å². The molecule has 0 aromatic rings. The van der Waals surface area contributed by atoms with Crippen LogP contribution in [0.1, 0.15) is 65.2 Å². The zero-order chi connectivity index (χ0) is 21.5. The van der Waals surface area contributed by atoms with Crippen molar-refractivity contribution in [1.82, 2.24) is 10.2 Å². The Hall–Kier alpha value is -1.67. The van der Waals surface area contributed by atoms with Gasteiger partial charge in [-0.25, -0.2) is 0 Å². The molecule has 1 spiro atoms. The molecule has 4 fully saturated rings. The maximum atomic E-state index is 13.5. The highest BCUT2D eigenvalue weighted by Gasteiger charge is 2.78. The van der Waals surface area contributed by atoms with Gasteiger partial charge in [-0.2, -0.15) is 0 Å². The number of hydrogen-bond acceptors (Lipinski definition) is 6. The summed E-state index contributed by atoms with van der Waals surface area (Å²) in [6.07, 6.45) is 6.82. The summed E-state index contributed by atoms with van der Waals surface area (Å²) in [5.41, 5.74) is -1.80. The maximum absolute atomic E-state index is 13.5. The second-order valence-corrected chi connectivity index (χ2v) is 9.43. The van der Waals surface area contributed by atoms with Gasteiger partial charge in [0, 0.05) is 19.2 Å². The lowest BCUT2D eigenvalue weighted by atomic mass is 9.66. The van der Waals surface area contributed by atoms with E-state index in [9.17, 15) is 19.5 Å². The zero-order valence-corrected chi connectivity index (χ0v) is 18.0. The molecule has 0 aromatic heterocycles. The van der Waals surface area contributed by atoms with Crippen LogP contribution in [0.3, 0.4) is 0 Å². The molecule has 0 aromatic carbocycles. The molecule has 2 amide bonds. The van der Waals surface area contributed by atoms with E-state index >= 15 is 0 Å². The Balaban J connectivity index is 1.66. The van der Waals surface area contributed by atoms with Gasteiger partial charge in [-0.1, -0.05) is 19.3 Å². The Morgan fingerprint density at radius 3 is 2.67 bits per heavy atom. The summed E-state index contributed by atoms with van der Waals surface area (Å²) in [4.78, 5) is 41.4. The second-order valence-electron chi connectivity index (χ2n) is 9.43.